The zero-order valence-corrected chi connectivity index (χ0v) is 12.6. The lowest BCUT2D eigenvalue weighted by atomic mass is 9.86. The second-order valence-corrected chi connectivity index (χ2v) is 5.71. The van der Waals surface area contributed by atoms with Crippen LogP contribution in [-0.4, -0.2) is 11.5 Å². The average Bonchev–Trinajstić information content (AvgIpc) is 2.49. The molecule has 2 aromatic rings. The zero-order chi connectivity index (χ0) is 14.8. The van der Waals surface area contributed by atoms with Gasteiger partial charge in [-0.1, -0.05) is 59.6 Å². The molecule has 0 amide bonds. The van der Waals surface area contributed by atoms with E-state index in [0.29, 0.717) is 22.3 Å². The van der Waals surface area contributed by atoms with Crippen LogP contribution in [0, 0.1) is 0 Å². The van der Waals surface area contributed by atoms with Crippen LogP contribution in [0.15, 0.2) is 58.7 Å². The molecule has 0 saturated heterocycles. The van der Waals surface area contributed by atoms with E-state index >= 15 is 0 Å². The predicted octanol–water partition coefficient (Wildman–Crippen LogP) is 4.24. The molecule has 1 aliphatic heterocycles. The molecule has 0 fully saturated rings. The lowest BCUT2D eigenvalue weighted by Crippen LogP contribution is -2.26. The molecule has 1 unspecified atom stereocenters. The Balaban J connectivity index is 2.08. The number of hydrogen-bond acceptors (Lipinski definition) is 3. The van der Waals surface area contributed by atoms with Crippen LogP contribution in [0.25, 0.3) is 0 Å². The number of nitrogens with zero attached hydrogens (tertiary/aromatic N) is 2. The summed E-state index contributed by atoms with van der Waals surface area (Å²) in [4.78, 5) is 0. The van der Waals surface area contributed by atoms with Gasteiger partial charge < -0.3 is 5.73 Å². The minimum absolute atomic E-state index is 0.0439. The van der Waals surface area contributed by atoms with E-state index in [0.717, 1.165) is 16.8 Å². The maximum absolute atomic E-state index is 6.31. The van der Waals surface area contributed by atoms with Crippen molar-refractivity contribution in [1.82, 2.24) is 0 Å². The lowest BCUT2D eigenvalue weighted by molar-refractivity contribution is 0.887. The predicted molar refractivity (Wildman–Crippen MR) is 88.4 cm³/mol. The van der Waals surface area contributed by atoms with Crippen molar-refractivity contribution in [3.05, 3.63) is 69.7 Å². The SMILES string of the molecule is NC1=NN=C(c2ccc(Cl)cc2Cl)C(c2ccccc2)C1. The molecule has 106 valence electrons. The Morgan fingerprint density at radius 2 is 1.76 bits per heavy atom. The fraction of sp³-hybridized carbons (Fsp3) is 0.125. The normalized spacial score (nSPS) is 18.1. The van der Waals surface area contributed by atoms with Gasteiger partial charge in [-0.2, -0.15) is 5.10 Å². The zero-order valence-electron chi connectivity index (χ0n) is 11.1. The summed E-state index contributed by atoms with van der Waals surface area (Å²) in [5, 5.41) is 9.46. The van der Waals surface area contributed by atoms with Gasteiger partial charge in [-0.15, -0.1) is 5.10 Å². The number of amidine groups is 1. The third-order valence-electron chi connectivity index (χ3n) is 3.44. The van der Waals surface area contributed by atoms with E-state index in [-0.39, 0.29) is 5.92 Å². The summed E-state index contributed by atoms with van der Waals surface area (Å²) in [6, 6.07) is 15.5. The third-order valence-corrected chi connectivity index (χ3v) is 3.99. The summed E-state index contributed by atoms with van der Waals surface area (Å²) < 4.78 is 0. The molecule has 0 aromatic heterocycles. The van der Waals surface area contributed by atoms with Gasteiger partial charge in [0.15, 0.2) is 0 Å². The fourth-order valence-corrected chi connectivity index (χ4v) is 2.94. The van der Waals surface area contributed by atoms with E-state index < -0.39 is 0 Å². The van der Waals surface area contributed by atoms with Gasteiger partial charge in [0.25, 0.3) is 0 Å². The van der Waals surface area contributed by atoms with Crippen LogP contribution in [0.2, 0.25) is 10.0 Å². The first-order valence-corrected chi connectivity index (χ1v) is 7.31. The molecule has 0 aliphatic carbocycles. The van der Waals surface area contributed by atoms with Crippen LogP contribution in [0.5, 0.6) is 0 Å². The highest BCUT2D eigenvalue weighted by atomic mass is 35.5. The van der Waals surface area contributed by atoms with Gasteiger partial charge in [0.2, 0.25) is 0 Å². The number of rotatable bonds is 2. The molecule has 5 heteroatoms. The molecule has 3 rings (SSSR count). The van der Waals surface area contributed by atoms with Crippen LogP contribution in [0.1, 0.15) is 23.5 Å². The number of nitrogens with two attached hydrogens (primary N) is 1. The molecular weight excluding hydrogens is 305 g/mol. The molecule has 2 N–H and O–H groups in total. The second-order valence-electron chi connectivity index (χ2n) is 4.87. The Labute approximate surface area is 133 Å². The molecule has 0 radical (unpaired) electrons. The van der Waals surface area contributed by atoms with Crippen molar-refractivity contribution >= 4 is 34.7 Å². The van der Waals surface area contributed by atoms with E-state index in [2.05, 4.69) is 22.3 Å². The molecule has 1 atom stereocenters. The maximum Gasteiger partial charge on any atom is 0.123 e. The Morgan fingerprint density at radius 3 is 2.48 bits per heavy atom. The molecule has 0 saturated carbocycles. The van der Waals surface area contributed by atoms with Crippen LogP contribution in [-0.2, 0) is 0 Å². The highest BCUT2D eigenvalue weighted by molar-refractivity contribution is 6.37. The van der Waals surface area contributed by atoms with Crippen LogP contribution < -0.4 is 5.73 Å². The van der Waals surface area contributed by atoms with E-state index in [4.69, 9.17) is 28.9 Å². The van der Waals surface area contributed by atoms with Crippen LogP contribution in [0.3, 0.4) is 0 Å². The standard InChI is InChI=1S/C16H13Cl2N3/c17-11-6-7-12(14(18)8-11)16-13(9-15(19)20-21-16)10-4-2-1-3-5-10/h1-8,13H,9H2,(H2,19,20). The van der Waals surface area contributed by atoms with Crippen molar-refractivity contribution in [3.8, 4) is 0 Å². The summed E-state index contributed by atoms with van der Waals surface area (Å²) >= 11 is 12.3. The molecular formula is C16H13Cl2N3. The molecule has 1 heterocycles. The summed E-state index contributed by atoms with van der Waals surface area (Å²) in [7, 11) is 0. The first-order valence-electron chi connectivity index (χ1n) is 6.55. The van der Waals surface area contributed by atoms with Gasteiger partial charge >= 0.3 is 0 Å². The average molecular weight is 318 g/mol. The molecule has 21 heavy (non-hydrogen) atoms. The summed E-state index contributed by atoms with van der Waals surface area (Å²) in [6.45, 7) is 0. The van der Waals surface area contributed by atoms with E-state index in [9.17, 15) is 0 Å². The van der Waals surface area contributed by atoms with Crippen molar-refractivity contribution in [2.75, 3.05) is 0 Å². The highest BCUT2D eigenvalue weighted by Gasteiger charge is 2.26. The highest BCUT2D eigenvalue weighted by Crippen LogP contribution is 2.31. The van der Waals surface area contributed by atoms with E-state index in [1.54, 1.807) is 12.1 Å². The smallest absolute Gasteiger partial charge is 0.123 e. The quantitative estimate of drug-likeness (QED) is 0.884. The van der Waals surface area contributed by atoms with Gasteiger partial charge in [0.1, 0.15) is 5.84 Å². The van der Waals surface area contributed by atoms with Crippen LogP contribution >= 0.6 is 23.2 Å². The molecule has 0 spiro atoms. The molecule has 0 bridgehead atoms. The Kier molecular flexibility index (Phi) is 3.95. The summed E-state index contributed by atoms with van der Waals surface area (Å²) in [5.41, 5.74) is 8.65. The topological polar surface area (TPSA) is 50.7 Å². The number of hydrogen-bond donors (Lipinski definition) is 1. The van der Waals surface area contributed by atoms with Crippen molar-refractivity contribution < 1.29 is 0 Å². The Bertz CT molecular complexity index is 724. The van der Waals surface area contributed by atoms with Crippen LogP contribution in [0.4, 0.5) is 0 Å². The number of benzene rings is 2. The fourth-order valence-electron chi connectivity index (χ4n) is 2.43. The van der Waals surface area contributed by atoms with Crippen molar-refractivity contribution in [3.63, 3.8) is 0 Å². The monoisotopic (exact) mass is 317 g/mol. The van der Waals surface area contributed by atoms with Crippen molar-refractivity contribution in [2.24, 2.45) is 15.9 Å². The molecule has 2 aromatic carbocycles. The van der Waals surface area contributed by atoms with Crippen molar-refractivity contribution in [1.29, 1.82) is 0 Å². The third kappa shape index (κ3) is 2.94. The molecule has 3 nitrogen and oxygen atoms in total. The summed E-state index contributed by atoms with van der Waals surface area (Å²) in [6.07, 6.45) is 0.627. The summed E-state index contributed by atoms with van der Waals surface area (Å²) in [5.74, 6) is 0.570. The Hall–Kier alpha value is -1.84. The maximum atomic E-state index is 6.31. The largest absolute Gasteiger partial charge is 0.386 e. The van der Waals surface area contributed by atoms with E-state index in [1.165, 1.54) is 0 Å². The Morgan fingerprint density at radius 1 is 1.00 bits per heavy atom. The first kappa shape index (κ1) is 14.1. The second kappa shape index (κ2) is 5.88. The van der Waals surface area contributed by atoms with Gasteiger partial charge in [0, 0.05) is 22.9 Å². The van der Waals surface area contributed by atoms with Gasteiger partial charge in [-0.05, 0) is 17.7 Å². The number of halogens is 2. The van der Waals surface area contributed by atoms with Crippen molar-refractivity contribution in [2.45, 2.75) is 12.3 Å². The molecule has 1 aliphatic rings. The van der Waals surface area contributed by atoms with E-state index in [1.807, 2.05) is 24.3 Å². The van der Waals surface area contributed by atoms with Gasteiger partial charge in [-0.3, -0.25) is 0 Å². The minimum atomic E-state index is 0.0439. The lowest BCUT2D eigenvalue weighted by Gasteiger charge is -2.22. The first-order chi connectivity index (χ1) is 10.1. The van der Waals surface area contributed by atoms with Gasteiger partial charge in [0.05, 0.1) is 10.7 Å². The van der Waals surface area contributed by atoms with Gasteiger partial charge in [-0.25, -0.2) is 0 Å². The minimum Gasteiger partial charge on any atom is -0.386 e.